The molecule has 6 aliphatic rings. The van der Waals surface area contributed by atoms with Crippen molar-refractivity contribution in [2.24, 2.45) is 0 Å². The predicted molar refractivity (Wildman–Crippen MR) is 271 cm³/mol. The summed E-state index contributed by atoms with van der Waals surface area (Å²) in [6, 6.07) is 34.0. The van der Waals surface area contributed by atoms with E-state index in [2.05, 4.69) is 0 Å². The standard InChI is InChI=1S/3C18H18O5.CHCl3/c3*1-20-13-7-8-14(21-2)16-15(13)17(19)18(23-16)10-9-11-5-3-4-6-12(11)22-18;2-1(3)4/h3*3-8,17,19H,9-10H2,1-2H3;1H/t3*17-,18-;/m000./s1. The van der Waals surface area contributed by atoms with Gasteiger partial charge in [0.05, 0.1) is 59.3 Å². The zero-order valence-electron chi connectivity index (χ0n) is 40.8. The molecule has 0 fully saturated rings. The second-order valence-electron chi connectivity index (χ2n) is 17.5. The highest BCUT2D eigenvalue weighted by Crippen LogP contribution is 2.58. The lowest BCUT2D eigenvalue weighted by Crippen LogP contribution is -2.47. The highest BCUT2D eigenvalue weighted by Gasteiger charge is 2.57. The van der Waals surface area contributed by atoms with Crippen LogP contribution in [0.4, 0.5) is 0 Å². The van der Waals surface area contributed by atoms with Gasteiger partial charge in [-0.2, -0.15) is 0 Å². The van der Waals surface area contributed by atoms with Crippen molar-refractivity contribution in [2.75, 3.05) is 42.7 Å². The molecule has 15 nitrogen and oxygen atoms in total. The molecule has 0 aromatic heterocycles. The lowest BCUT2D eigenvalue weighted by molar-refractivity contribution is -0.180. The Morgan fingerprint density at radius 1 is 0.384 bits per heavy atom. The summed E-state index contributed by atoms with van der Waals surface area (Å²) in [7, 11) is 9.41. The minimum absolute atomic E-state index is 0.485. The Bertz CT molecular complexity index is 2650. The number of aliphatic hydroxyl groups excluding tert-OH is 3. The SMILES string of the molecule is COc1ccc(OC)c2c1O[C@@]1(CCc3ccccc3O1)[C@H]2O.COc1ccc(OC)c2c1O[C@@]1(CCc3ccccc3O1)[C@H]2O.COc1ccc(OC)c2c1O[C@@]1(CCc3ccccc3O1)[C@H]2O.ClC(Cl)Cl. The van der Waals surface area contributed by atoms with Crippen LogP contribution in [0.5, 0.6) is 69.0 Å². The van der Waals surface area contributed by atoms with Crippen LogP contribution in [0, 0.1) is 0 Å². The van der Waals surface area contributed by atoms with Gasteiger partial charge in [-0.15, -0.1) is 0 Å². The normalized spacial score (nSPS) is 23.5. The number of benzene rings is 6. The number of alkyl halides is 3. The van der Waals surface area contributed by atoms with Crippen LogP contribution < -0.4 is 56.8 Å². The van der Waals surface area contributed by atoms with E-state index in [-0.39, 0.29) is 0 Å². The fourth-order valence-corrected chi connectivity index (χ4v) is 10.00. The third-order valence-corrected chi connectivity index (χ3v) is 13.6. The van der Waals surface area contributed by atoms with Crippen LogP contribution in [-0.4, -0.2) is 79.6 Å². The molecule has 0 saturated carbocycles. The molecule has 6 heterocycles. The van der Waals surface area contributed by atoms with E-state index in [4.69, 9.17) is 91.6 Å². The lowest BCUT2D eigenvalue weighted by atomic mass is 9.93. The molecule has 0 unspecified atom stereocenters. The van der Waals surface area contributed by atoms with Crippen LogP contribution in [-0.2, 0) is 19.3 Å². The summed E-state index contributed by atoms with van der Waals surface area (Å²) in [5, 5.41) is 32.8. The predicted octanol–water partition coefficient (Wildman–Crippen LogP) is 10.5. The Morgan fingerprint density at radius 2 is 0.616 bits per heavy atom. The number of hydrogen-bond donors (Lipinski definition) is 3. The summed E-state index contributed by atoms with van der Waals surface area (Å²) < 4.78 is 68.0. The van der Waals surface area contributed by atoms with E-state index in [0.29, 0.717) is 87.7 Å². The maximum absolute atomic E-state index is 10.9. The van der Waals surface area contributed by atoms with Gasteiger partial charge in [0.2, 0.25) is 0 Å². The molecular formula is C55H55Cl3O15. The molecule has 3 spiro atoms. The molecule has 6 atom stereocenters. The van der Waals surface area contributed by atoms with Crippen molar-refractivity contribution in [3.63, 3.8) is 0 Å². The second kappa shape index (κ2) is 21.3. The Balaban J connectivity index is 0.000000130. The van der Waals surface area contributed by atoms with E-state index in [9.17, 15) is 15.3 Å². The van der Waals surface area contributed by atoms with Gasteiger partial charge in [0.15, 0.2) is 57.1 Å². The summed E-state index contributed by atoms with van der Waals surface area (Å²) in [6.07, 6.45) is 1.11. The fourth-order valence-electron chi connectivity index (χ4n) is 10.00. The average molecular weight is 1060 g/mol. The average Bonchev–Trinajstić information content (AvgIpc) is 3.98. The van der Waals surface area contributed by atoms with Gasteiger partial charge in [-0.1, -0.05) is 89.4 Å². The van der Waals surface area contributed by atoms with Gasteiger partial charge >= 0.3 is 0 Å². The van der Waals surface area contributed by atoms with Gasteiger partial charge in [-0.3, -0.25) is 0 Å². The van der Waals surface area contributed by atoms with Crippen LogP contribution in [0.15, 0.2) is 109 Å². The van der Waals surface area contributed by atoms with E-state index in [1.807, 2.05) is 72.8 Å². The molecular weight excluding hydrogens is 1010 g/mol. The van der Waals surface area contributed by atoms with E-state index in [0.717, 1.165) is 53.2 Å². The molecule has 3 N–H and O–H groups in total. The van der Waals surface area contributed by atoms with Crippen molar-refractivity contribution < 1.29 is 72.2 Å². The monoisotopic (exact) mass is 1060 g/mol. The quantitative estimate of drug-likeness (QED) is 0.135. The Morgan fingerprint density at radius 3 is 0.863 bits per heavy atom. The second-order valence-corrected chi connectivity index (χ2v) is 19.4. The maximum atomic E-state index is 10.9. The molecule has 0 radical (unpaired) electrons. The summed E-state index contributed by atoms with van der Waals surface area (Å²) in [5.74, 6) is 3.60. The number of fused-ring (bicyclic) bond motifs is 6. The van der Waals surface area contributed by atoms with Crippen LogP contribution in [0.1, 0.15) is 71.0 Å². The van der Waals surface area contributed by atoms with Crippen molar-refractivity contribution in [1.82, 2.24) is 0 Å². The van der Waals surface area contributed by atoms with Crippen LogP contribution in [0.2, 0.25) is 0 Å². The topological polar surface area (TPSA) is 171 Å². The molecule has 6 aromatic carbocycles. The number of ether oxygens (including phenoxy) is 12. The van der Waals surface area contributed by atoms with E-state index in [1.165, 1.54) is 0 Å². The summed E-state index contributed by atoms with van der Waals surface area (Å²) >= 11 is 14.4. The minimum atomic E-state index is -1.14. The number of para-hydroxylation sites is 3. The van der Waals surface area contributed by atoms with Crippen molar-refractivity contribution in [3.8, 4) is 69.0 Å². The number of aryl methyl sites for hydroxylation is 3. The number of aliphatic hydroxyl groups is 3. The van der Waals surface area contributed by atoms with Crippen molar-refractivity contribution >= 4 is 34.8 Å². The summed E-state index contributed by atoms with van der Waals surface area (Å²) in [4.78, 5) is 0. The number of halogens is 3. The highest BCUT2D eigenvalue weighted by molar-refractivity contribution is 6.63. The van der Waals surface area contributed by atoms with E-state index < -0.39 is 40.0 Å². The van der Waals surface area contributed by atoms with Crippen molar-refractivity contribution in [1.29, 1.82) is 0 Å². The highest BCUT2D eigenvalue weighted by atomic mass is 35.6. The minimum Gasteiger partial charge on any atom is -0.496 e. The van der Waals surface area contributed by atoms with Gasteiger partial charge in [0, 0.05) is 19.3 Å². The third kappa shape index (κ3) is 9.47. The first-order valence-corrected chi connectivity index (χ1v) is 24.7. The van der Waals surface area contributed by atoms with Gasteiger partial charge < -0.3 is 72.2 Å². The smallest absolute Gasteiger partial charge is 0.282 e. The first-order valence-electron chi connectivity index (χ1n) is 23.4. The Labute approximate surface area is 437 Å². The third-order valence-electron chi connectivity index (χ3n) is 13.6. The van der Waals surface area contributed by atoms with Gasteiger partial charge in [-0.25, -0.2) is 0 Å². The lowest BCUT2D eigenvalue weighted by Gasteiger charge is -2.36. The van der Waals surface area contributed by atoms with Gasteiger partial charge in [-0.05, 0) is 90.6 Å². The maximum Gasteiger partial charge on any atom is 0.282 e. The van der Waals surface area contributed by atoms with Crippen LogP contribution in [0.3, 0.4) is 0 Å². The van der Waals surface area contributed by atoms with Crippen molar-refractivity contribution in [3.05, 3.63) is 143 Å². The van der Waals surface area contributed by atoms with Gasteiger partial charge in [0.25, 0.3) is 17.4 Å². The molecule has 6 aromatic rings. The number of rotatable bonds is 6. The molecule has 73 heavy (non-hydrogen) atoms. The number of methoxy groups -OCH3 is 6. The fraction of sp³-hybridized carbons (Fsp3) is 0.345. The van der Waals surface area contributed by atoms with Crippen LogP contribution >= 0.6 is 34.8 Å². The zero-order chi connectivity index (χ0) is 51.7. The Kier molecular flexibility index (Phi) is 15.0. The largest absolute Gasteiger partial charge is 0.496 e. The molecule has 386 valence electrons. The van der Waals surface area contributed by atoms with E-state index >= 15 is 0 Å². The van der Waals surface area contributed by atoms with E-state index in [1.54, 1.807) is 79.1 Å². The first kappa shape index (κ1) is 51.6. The molecule has 18 heteroatoms. The molecule has 12 rings (SSSR count). The Hall–Kier alpha value is -6.33. The number of hydrogen-bond acceptors (Lipinski definition) is 15. The summed E-state index contributed by atoms with van der Waals surface area (Å²) in [6.45, 7) is 0. The first-order chi connectivity index (χ1) is 35.3. The molecule has 0 aliphatic carbocycles. The molecule has 0 bridgehead atoms. The molecule has 6 aliphatic heterocycles. The zero-order valence-corrected chi connectivity index (χ0v) is 43.1. The van der Waals surface area contributed by atoms with Crippen LogP contribution in [0.25, 0.3) is 0 Å². The molecule has 0 amide bonds. The van der Waals surface area contributed by atoms with Gasteiger partial charge in [0.1, 0.15) is 34.5 Å². The molecule has 0 saturated heterocycles. The summed E-state index contributed by atoms with van der Waals surface area (Å²) in [5.41, 5.74) is 5.07. The van der Waals surface area contributed by atoms with Crippen molar-refractivity contribution in [2.45, 2.75) is 78.5 Å².